The van der Waals surface area contributed by atoms with Crippen LogP contribution in [0.2, 0.25) is 5.02 Å². The van der Waals surface area contributed by atoms with Crippen LogP contribution in [0, 0.1) is 0 Å². The smallest absolute Gasteiger partial charge is 0.257 e. The van der Waals surface area contributed by atoms with Crippen LogP contribution in [-0.4, -0.2) is 24.0 Å². The van der Waals surface area contributed by atoms with Gasteiger partial charge in [0.15, 0.2) is 0 Å². The van der Waals surface area contributed by atoms with Crippen LogP contribution in [0.1, 0.15) is 28.5 Å². The Bertz CT molecular complexity index is 1020. The van der Waals surface area contributed by atoms with Gasteiger partial charge in [-0.15, -0.1) is 0 Å². The number of rotatable bonds is 6. The van der Waals surface area contributed by atoms with Gasteiger partial charge in [-0.1, -0.05) is 36.7 Å². The van der Waals surface area contributed by atoms with Gasteiger partial charge in [0.2, 0.25) is 5.96 Å². The lowest BCUT2D eigenvalue weighted by atomic mass is 10.1. The van der Waals surface area contributed by atoms with E-state index < -0.39 is 0 Å². The Morgan fingerprint density at radius 1 is 1.13 bits per heavy atom. The first kappa shape index (κ1) is 21.3. The van der Waals surface area contributed by atoms with E-state index >= 15 is 0 Å². The SMILES string of the molecule is CCc1ccc(C(=O)NC(=NCc2ccccn2)Nc2ccc(OC)c(Cl)c2)cc1. The fourth-order valence-electron chi connectivity index (χ4n) is 2.71. The van der Waals surface area contributed by atoms with Crippen LogP contribution in [0.3, 0.4) is 0 Å². The quantitative estimate of drug-likeness (QED) is 0.445. The van der Waals surface area contributed by atoms with Crippen molar-refractivity contribution in [2.75, 3.05) is 12.4 Å². The second-order valence-electron chi connectivity index (χ2n) is 6.46. The molecule has 7 heteroatoms. The molecule has 3 aromatic rings. The number of benzene rings is 2. The van der Waals surface area contributed by atoms with Crippen molar-refractivity contribution in [1.82, 2.24) is 10.3 Å². The fourth-order valence-corrected chi connectivity index (χ4v) is 2.97. The molecule has 0 aliphatic rings. The van der Waals surface area contributed by atoms with E-state index in [4.69, 9.17) is 16.3 Å². The Hall–Kier alpha value is -3.38. The van der Waals surface area contributed by atoms with Gasteiger partial charge >= 0.3 is 0 Å². The zero-order valence-corrected chi connectivity index (χ0v) is 17.6. The second kappa shape index (κ2) is 10.4. The van der Waals surface area contributed by atoms with Crippen molar-refractivity contribution in [2.24, 2.45) is 4.99 Å². The summed E-state index contributed by atoms with van der Waals surface area (Å²) < 4.78 is 5.18. The Morgan fingerprint density at radius 3 is 2.57 bits per heavy atom. The first-order valence-electron chi connectivity index (χ1n) is 9.54. The van der Waals surface area contributed by atoms with Crippen LogP contribution in [0.25, 0.3) is 0 Å². The number of amides is 1. The van der Waals surface area contributed by atoms with Gasteiger partial charge in [-0.2, -0.15) is 0 Å². The van der Waals surface area contributed by atoms with E-state index in [9.17, 15) is 4.79 Å². The number of aryl methyl sites for hydroxylation is 1. The Labute approximate surface area is 181 Å². The summed E-state index contributed by atoms with van der Waals surface area (Å²) in [5, 5.41) is 6.40. The summed E-state index contributed by atoms with van der Waals surface area (Å²) in [6.45, 7) is 2.38. The number of anilines is 1. The molecule has 1 amide bonds. The van der Waals surface area contributed by atoms with E-state index in [0.717, 1.165) is 12.1 Å². The van der Waals surface area contributed by atoms with Crippen LogP contribution >= 0.6 is 11.6 Å². The number of aromatic nitrogens is 1. The predicted molar refractivity (Wildman–Crippen MR) is 120 cm³/mol. The minimum Gasteiger partial charge on any atom is -0.495 e. The standard InChI is InChI=1S/C23H23ClN4O2/c1-3-16-7-9-17(10-8-16)22(29)28-23(26-15-19-6-4-5-13-25-19)27-18-11-12-21(30-2)20(24)14-18/h4-14H,3,15H2,1-2H3,(H2,26,27,28,29). The lowest BCUT2D eigenvalue weighted by molar-refractivity contribution is 0.0977. The monoisotopic (exact) mass is 422 g/mol. The maximum Gasteiger partial charge on any atom is 0.257 e. The normalized spacial score (nSPS) is 11.1. The number of hydrogen-bond donors (Lipinski definition) is 2. The molecule has 154 valence electrons. The zero-order valence-electron chi connectivity index (χ0n) is 16.9. The van der Waals surface area contributed by atoms with Crippen LogP contribution in [-0.2, 0) is 13.0 Å². The topological polar surface area (TPSA) is 75.6 Å². The van der Waals surface area contributed by atoms with E-state index in [1.165, 1.54) is 5.56 Å². The highest BCUT2D eigenvalue weighted by Crippen LogP contribution is 2.27. The Kier molecular flexibility index (Phi) is 7.40. The zero-order chi connectivity index (χ0) is 21.3. The van der Waals surface area contributed by atoms with Gasteiger partial charge in [0.05, 0.1) is 24.4 Å². The van der Waals surface area contributed by atoms with E-state index in [0.29, 0.717) is 34.5 Å². The van der Waals surface area contributed by atoms with Crippen molar-refractivity contribution in [3.8, 4) is 5.75 Å². The number of carbonyl (C=O) groups is 1. The van der Waals surface area contributed by atoms with E-state index in [-0.39, 0.29) is 5.91 Å². The summed E-state index contributed by atoms with van der Waals surface area (Å²) in [6, 6.07) is 18.3. The highest BCUT2D eigenvalue weighted by atomic mass is 35.5. The molecule has 0 saturated carbocycles. The average molecular weight is 423 g/mol. The molecule has 0 saturated heterocycles. The Morgan fingerprint density at radius 2 is 1.93 bits per heavy atom. The number of carbonyl (C=O) groups excluding carboxylic acids is 1. The first-order valence-corrected chi connectivity index (χ1v) is 9.92. The third kappa shape index (κ3) is 5.81. The van der Waals surface area contributed by atoms with Crippen molar-refractivity contribution in [3.05, 3.63) is 88.7 Å². The van der Waals surface area contributed by atoms with E-state index in [1.54, 1.807) is 43.6 Å². The predicted octanol–water partition coefficient (Wildman–Crippen LogP) is 4.70. The number of ether oxygens (including phenoxy) is 1. The molecule has 0 bridgehead atoms. The van der Waals surface area contributed by atoms with E-state index in [1.807, 2.05) is 30.3 Å². The van der Waals surface area contributed by atoms with Crippen molar-refractivity contribution in [2.45, 2.75) is 19.9 Å². The molecule has 2 aromatic carbocycles. The first-order chi connectivity index (χ1) is 14.6. The van der Waals surface area contributed by atoms with Gasteiger partial charge in [0.1, 0.15) is 5.75 Å². The van der Waals surface area contributed by atoms with Crippen molar-refractivity contribution in [1.29, 1.82) is 0 Å². The molecule has 2 N–H and O–H groups in total. The molecule has 0 radical (unpaired) electrons. The number of halogens is 1. The molecule has 30 heavy (non-hydrogen) atoms. The third-order valence-electron chi connectivity index (χ3n) is 4.40. The molecule has 0 unspecified atom stereocenters. The molecule has 0 atom stereocenters. The lowest BCUT2D eigenvalue weighted by Gasteiger charge is -2.13. The highest BCUT2D eigenvalue weighted by Gasteiger charge is 2.11. The van der Waals surface area contributed by atoms with Gasteiger partial charge in [-0.25, -0.2) is 4.99 Å². The number of aliphatic imine (C=N–C) groups is 1. The molecular formula is C23H23ClN4O2. The van der Waals surface area contributed by atoms with Crippen molar-refractivity contribution in [3.63, 3.8) is 0 Å². The van der Waals surface area contributed by atoms with Gasteiger partial charge in [0, 0.05) is 17.4 Å². The molecule has 3 rings (SSSR count). The number of nitrogens with zero attached hydrogens (tertiary/aromatic N) is 2. The molecule has 6 nitrogen and oxygen atoms in total. The maximum absolute atomic E-state index is 12.7. The summed E-state index contributed by atoms with van der Waals surface area (Å²) in [7, 11) is 1.55. The third-order valence-corrected chi connectivity index (χ3v) is 4.69. The number of nitrogens with one attached hydrogen (secondary N) is 2. The summed E-state index contributed by atoms with van der Waals surface area (Å²) in [5.74, 6) is 0.602. The van der Waals surface area contributed by atoms with Gasteiger partial charge in [-0.05, 0) is 54.4 Å². The van der Waals surface area contributed by atoms with Gasteiger partial charge in [-0.3, -0.25) is 15.1 Å². The summed E-state index contributed by atoms with van der Waals surface area (Å²) >= 11 is 6.21. The van der Waals surface area contributed by atoms with Crippen LogP contribution in [0.4, 0.5) is 5.69 Å². The largest absolute Gasteiger partial charge is 0.495 e. The van der Waals surface area contributed by atoms with Crippen LogP contribution < -0.4 is 15.4 Å². The number of pyridine rings is 1. The maximum atomic E-state index is 12.7. The molecule has 1 aromatic heterocycles. The number of hydrogen-bond acceptors (Lipinski definition) is 4. The van der Waals surface area contributed by atoms with Crippen LogP contribution in [0.5, 0.6) is 5.75 Å². The lowest BCUT2D eigenvalue weighted by Crippen LogP contribution is -2.36. The molecular weight excluding hydrogens is 400 g/mol. The summed E-state index contributed by atoms with van der Waals surface area (Å²) in [5.41, 5.74) is 3.17. The number of guanidine groups is 1. The van der Waals surface area contributed by atoms with Gasteiger partial charge < -0.3 is 10.1 Å². The molecule has 1 heterocycles. The minimum atomic E-state index is -0.260. The van der Waals surface area contributed by atoms with Crippen molar-refractivity contribution < 1.29 is 9.53 Å². The highest BCUT2D eigenvalue weighted by molar-refractivity contribution is 6.32. The number of methoxy groups -OCH3 is 1. The van der Waals surface area contributed by atoms with Gasteiger partial charge in [0.25, 0.3) is 5.91 Å². The molecule has 0 aliphatic heterocycles. The summed E-state index contributed by atoms with van der Waals surface area (Å²) in [6.07, 6.45) is 2.62. The Balaban J connectivity index is 1.80. The van der Waals surface area contributed by atoms with Crippen molar-refractivity contribution >= 4 is 29.2 Å². The van der Waals surface area contributed by atoms with Crippen LogP contribution in [0.15, 0.2) is 71.9 Å². The average Bonchev–Trinajstić information content (AvgIpc) is 2.78. The van der Waals surface area contributed by atoms with E-state index in [2.05, 4.69) is 27.5 Å². The minimum absolute atomic E-state index is 0.260. The summed E-state index contributed by atoms with van der Waals surface area (Å²) in [4.78, 5) is 21.5. The fraction of sp³-hybridized carbons (Fsp3) is 0.174. The second-order valence-corrected chi connectivity index (χ2v) is 6.87. The molecule has 0 spiro atoms. The molecule has 0 fully saturated rings. The molecule has 0 aliphatic carbocycles.